The largest absolute Gasteiger partial charge is 0.416 e. The van der Waals surface area contributed by atoms with Gasteiger partial charge in [-0.3, -0.25) is 4.79 Å². The Hall–Kier alpha value is -2.42. The third kappa shape index (κ3) is 4.89. The van der Waals surface area contributed by atoms with Gasteiger partial charge in [-0.1, -0.05) is 6.07 Å². The van der Waals surface area contributed by atoms with Gasteiger partial charge >= 0.3 is 6.18 Å². The zero-order chi connectivity index (χ0) is 21.2. The lowest BCUT2D eigenvalue weighted by Gasteiger charge is -2.25. The molecule has 2 aromatic rings. The molecule has 0 aliphatic carbocycles. The van der Waals surface area contributed by atoms with Gasteiger partial charge < -0.3 is 5.32 Å². The van der Waals surface area contributed by atoms with Crippen molar-refractivity contribution in [2.45, 2.75) is 36.1 Å². The number of alkyl halides is 3. The third-order valence-electron chi connectivity index (χ3n) is 4.32. The SMILES string of the molecule is CC(C)(CCNC(=O)c1ccc(F)cc1)S(=O)(=O)c1cccc(C(F)(F)F)c1. The number of carbonyl (C=O) groups excluding carboxylic acids is 1. The lowest BCUT2D eigenvalue weighted by Crippen LogP contribution is -2.37. The minimum atomic E-state index is -4.65. The molecular weight excluding hydrogens is 398 g/mol. The summed E-state index contributed by atoms with van der Waals surface area (Å²) >= 11 is 0. The molecule has 28 heavy (non-hydrogen) atoms. The Bertz CT molecular complexity index is 952. The quantitative estimate of drug-likeness (QED) is 0.716. The summed E-state index contributed by atoms with van der Waals surface area (Å²) in [4.78, 5) is 11.6. The van der Waals surface area contributed by atoms with Crippen molar-refractivity contribution < 1.29 is 30.8 Å². The van der Waals surface area contributed by atoms with Crippen LogP contribution in [-0.2, 0) is 16.0 Å². The zero-order valence-corrected chi connectivity index (χ0v) is 16.0. The molecule has 0 radical (unpaired) electrons. The van der Waals surface area contributed by atoms with Crippen molar-refractivity contribution >= 4 is 15.7 Å². The van der Waals surface area contributed by atoms with Crippen molar-refractivity contribution in [1.82, 2.24) is 5.32 Å². The molecule has 0 fully saturated rings. The van der Waals surface area contributed by atoms with Gasteiger partial charge in [0.05, 0.1) is 15.2 Å². The maximum absolute atomic E-state index is 12.9. The predicted octanol–water partition coefficient (Wildman–Crippen LogP) is 4.22. The lowest BCUT2D eigenvalue weighted by molar-refractivity contribution is -0.137. The van der Waals surface area contributed by atoms with E-state index in [1.54, 1.807) is 0 Å². The molecule has 0 aromatic heterocycles. The average molecular weight is 417 g/mol. The van der Waals surface area contributed by atoms with Gasteiger partial charge in [-0.2, -0.15) is 13.2 Å². The molecular formula is C19H19F4NO3S. The molecule has 0 heterocycles. The highest BCUT2D eigenvalue weighted by molar-refractivity contribution is 7.92. The van der Waals surface area contributed by atoms with Crippen molar-refractivity contribution in [1.29, 1.82) is 0 Å². The van der Waals surface area contributed by atoms with Crippen LogP contribution in [0.4, 0.5) is 17.6 Å². The molecule has 4 nitrogen and oxygen atoms in total. The Labute approximate surface area is 160 Å². The molecule has 1 N–H and O–H groups in total. The fourth-order valence-corrected chi connectivity index (χ4v) is 4.02. The van der Waals surface area contributed by atoms with Gasteiger partial charge in [-0.15, -0.1) is 0 Å². The van der Waals surface area contributed by atoms with Crippen molar-refractivity contribution in [2.75, 3.05) is 6.54 Å². The highest BCUT2D eigenvalue weighted by atomic mass is 32.2. The van der Waals surface area contributed by atoms with E-state index in [1.807, 2.05) is 0 Å². The molecule has 0 atom stereocenters. The summed E-state index contributed by atoms with van der Waals surface area (Å²) in [5.41, 5.74) is -0.839. The van der Waals surface area contributed by atoms with Gasteiger partial charge in [-0.05, 0) is 62.7 Å². The second-order valence-corrected chi connectivity index (χ2v) is 9.38. The zero-order valence-electron chi connectivity index (χ0n) is 15.2. The number of hydrogen-bond donors (Lipinski definition) is 1. The highest BCUT2D eigenvalue weighted by Crippen LogP contribution is 2.34. The Morgan fingerprint density at radius 2 is 1.64 bits per heavy atom. The molecule has 0 saturated carbocycles. The number of benzene rings is 2. The third-order valence-corrected chi connectivity index (χ3v) is 6.85. The standard InChI is InChI=1S/C19H19F4NO3S/c1-18(2,10-11-24-17(25)13-6-8-15(20)9-7-13)28(26,27)16-5-3-4-14(12-16)19(21,22)23/h3-9,12H,10-11H2,1-2H3,(H,24,25). The first-order valence-corrected chi connectivity index (χ1v) is 9.78. The molecule has 0 saturated heterocycles. The maximum atomic E-state index is 12.9. The van der Waals surface area contributed by atoms with Crippen LogP contribution >= 0.6 is 0 Å². The van der Waals surface area contributed by atoms with E-state index in [1.165, 1.54) is 26.0 Å². The Balaban J connectivity index is 2.10. The summed E-state index contributed by atoms with van der Waals surface area (Å²) in [6.45, 7) is 2.74. The minimum absolute atomic E-state index is 0.0264. The first-order valence-electron chi connectivity index (χ1n) is 8.30. The van der Waals surface area contributed by atoms with Crippen LogP contribution < -0.4 is 5.32 Å². The Kier molecular flexibility index (Phi) is 6.18. The van der Waals surface area contributed by atoms with E-state index < -0.39 is 42.9 Å². The fraction of sp³-hybridized carbons (Fsp3) is 0.316. The van der Waals surface area contributed by atoms with E-state index >= 15 is 0 Å². The molecule has 0 unspecified atom stereocenters. The summed E-state index contributed by atoms with van der Waals surface area (Å²) < 4.78 is 75.6. The van der Waals surface area contributed by atoms with Crippen LogP contribution in [0.1, 0.15) is 36.2 Å². The average Bonchev–Trinajstić information content (AvgIpc) is 2.61. The summed E-state index contributed by atoms with van der Waals surface area (Å²) in [5, 5.41) is 2.53. The van der Waals surface area contributed by atoms with E-state index in [9.17, 15) is 30.8 Å². The van der Waals surface area contributed by atoms with Crippen molar-refractivity contribution in [2.24, 2.45) is 0 Å². The van der Waals surface area contributed by atoms with Crippen LogP contribution in [0.3, 0.4) is 0 Å². The summed E-state index contributed by atoms with van der Waals surface area (Å²) in [6, 6.07) is 8.38. The molecule has 0 aliphatic heterocycles. The molecule has 152 valence electrons. The predicted molar refractivity (Wildman–Crippen MR) is 96.1 cm³/mol. The number of carbonyl (C=O) groups is 1. The summed E-state index contributed by atoms with van der Waals surface area (Å²) in [5.74, 6) is -1.00. The van der Waals surface area contributed by atoms with Gasteiger partial charge in [0.15, 0.2) is 9.84 Å². The monoisotopic (exact) mass is 417 g/mol. The van der Waals surface area contributed by atoms with Crippen LogP contribution in [0.25, 0.3) is 0 Å². The van der Waals surface area contributed by atoms with Crippen LogP contribution in [0.15, 0.2) is 53.4 Å². The van der Waals surface area contributed by atoms with Crippen molar-refractivity contribution in [3.63, 3.8) is 0 Å². The van der Waals surface area contributed by atoms with Crippen LogP contribution in [0.5, 0.6) is 0 Å². The summed E-state index contributed by atoms with van der Waals surface area (Å²) in [6.07, 6.45) is -4.68. The van der Waals surface area contributed by atoms with Gasteiger partial charge in [0.1, 0.15) is 5.82 Å². The molecule has 2 rings (SSSR count). The Morgan fingerprint density at radius 3 is 2.21 bits per heavy atom. The molecule has 1 amide bonds. The van der Waals surface area contributed by atoms with Crippen molar-refractivity contribution in [3.05, 3.63) is 65.5 Å². The minimum Gasteiger partial charge on any atom is -0.352 e. The summed E-state index contributed by atoms with van der Waals surface area (Å²) in [7, 11) is -4.09. The fourth-order valence-electron chi connectivity index (χ4n) is 2.47. The van der Waals surface area contributed by atoms with Crippen LogP contribution in [0.2, 0.25) is 0 Å². The van der Waals surface area contributed by atoms with E-state index in [0.717, 1.165) is 30.3 Å². The van der Waals surface area contributed by atoms with Crippen molar-refractivity contribution in [3.8, 4) is 0 Å². The van der Waals surface area contributed by atoms with Crippen LogP contribution in [0, 0.1) is 5.82 Å². The normalized spacial score (nSPS) is 12.6. The second kappa shape index (κ2) is 7.90. The second-order valence-electron chi connectivity index (χ2n) is 6.80. The smallest absolute Gasteiger partial charge is 0.352 e. The highest BCUT2D eigenvalue weighted by Gasteiger charge is 2.37. The number of sulfone groups is 1. The first-order chi connectivity index (χ1) is 12.8. The molecule has 2 aromatic carbocycles. The number of nitrogens with one attached hydrogen (secondary N) is 1. The molecule has 9 heteroatoms. The topological polar surface area (TPSA) is 63.2 Å². The van der Waals surface area contributed by atoms with Gasteiger partial charge in [0, 0.05) is 12.1 Å². The first kappa shape index (κ1) is 21.9. The van der Waals surface area contributed by atoms with E-state index in [2.05, 4.69) is 5.32 Å². The number of halogens is 4. The van der Waals surface area contributed by atoms with E-state index in [4.69, 9.17) is 0 Å². The maximum Gasteiger partial charge on any atom is 0.416 e. The number of hydrogen-bond acceptors (Lipinski definition) is 3. The van der Waals surface area contributed by atoms with Crippen LogP contribution in [-0.4, -0.2) is 25.6 Å². The van der Waals surface area contributed by atoms with E-state index in [0.29, 0.717) is 6.07 Å². The lowest BCUT2D eigenvalue weighted by atomic mass is 10.1. The van der Waals surface area contributed by atoms with E-state index in [-0.39, 0.29) is 18.5 Å². The molecule has 0 bridgehead atoms. The van der Waals surface area contributed by atoms with Gasteiger partial charge in [0.25, 0.3) is 5.91 Å². The molecule has 0 aliphatic rings. The Morgan fingerprint density at radius 1 is 1.04 bits per heavy atom. The van der Waals surface area contributed by atoms with Gasteiger partial charge in [0.2, 0.25) is 0 Å². The molecule has 0 spiro atoms. The van der Waals surface area contributed by atoms with Gasteiger partial charge in [-0.25, -0.2) is 12.8 Å². The number of amides is 1. The number of rotatable bonds is 6.